The molecule has 1 aliphatic rings. The number of ether oxygens (including phenoxy) is 2. The molecule has 7 nitrogen and oxygen atoms in total. The minimum absolute atomic E-state index is 0.0181. The molecule has 0 unspecified atom stereocenters. The first kappa shape index (κ1) is 23.9. The van der Waals surface area contributed by atoms with E-state index in [9.17, 15) is 14.9 Å². The summed E-state index contributed by atoms with van der Waals surface area (Å²) in [5, 5.41) is 10.8. The van der Waals surface area contributed by atoms with Gasteiger partial charge in [0.1, 0.15) is 6.61 Å². The molecule has 0 spiro atoms. The lowest BCUT2D eigenvalue weighted by Gasteiger charge is -2.14. The molecule has 10 heteroatoms. The molecule has 1 amide bonds. The van der Waals surface area contributed by atoms with E-state index in [1.165, 1.54) is 35.9 Å². The van der Waals surface area contributed by atoms with Crippen molar-refractivity contribution >= 4 is 67.6 Å². The minimum Gasteiger partial charge on any atom is -0.493 e. The van der Waals surface area contributed by atoms with Crippen LogP contribution in [0.1, 0.15) is 11.1 Å². The summed E-state index contributed by atoms with van der Waals surface area (Å²) in [5.41, 5.74) is 2.25. The first-order chi connectivity index (χ1) is 16.4. The molecule has 3 aromatic rings. The number of carbonyl (C=O) groups is 1. The van der Waals surface area contributed by atoms with Gasteiger partial charge >= 0.3 is 0 Å². The predicted octanol–water partition coefficient (Wildman–Crippen LogP) is 6.35. The summed E-state index contributed by atoms with van der Waals surface area (Å²) < 4.78 is 12.5. The first-order valence-electron chi connectivity index (χ1n) is 9.94. The van der Waals surface area contributed by atoms with Crippen molar-refractivity contribution in [1.82, 2.24) is 0 Å². The highest BCUT2D eigenvalue weighted by Crippen LogP contribution is 2.40. The van der Waals surface area contributed by atoms with Gasteiger partial charge in [-0.2, -0.15) is 0 Å². The number of halogens is 1. The number of hydrogen-bond acceptors (Lipinski definition) is 7. The Labute approximate surface area is 213 Å². The predicted molar refractivity (Wildman–Crippen MR) is 140 cm³/mol. The maximum atomic E-state index is 13.0. The normalized spacial score (nSPS) is 14.5. The monoisotopic (exact) mass is 556 g/mol. The second-order valence-electron chi connectivity index (χ2n) is 7.10. The molecule has 172 valence electrons. The highest BCUT2D eigenvalue weighted by atomic mass is 79.9. The highest BCUT2D eigenvalue weighted by molar-refractivity contribution is 9.10. The summed E-state index contributed by atoms with van der Waals surface area (Å²) >= 11 is 10.2. The van der Waals surface area contributed by atoms with E-state index in [1.807, 2.05) is 36.4 Å². The quantitative estimate of drug-likeness (QED) is 0.145. The van der Waals surface area contributed by atoms with Crippen LogP contribution in [0.4, 0.5) is 11.4 Å². The van der Waals surface area contributed by atoms with Gasteiger partial charge in [0.25, 0.3) is 11.6 Å². The molecule has 1 saturated heterocycles. The number of nitro benzene ring substituents is 1. The van der Waals surface area contributed by atoms with Crippen molar-refractivity contribution in [2.24, 2.45) is 0 Å². The van der Waals surface area contributed by atoms with Gasteiger partial charge in [-0.3, -0.25) is 19.8 Å². The number of methoxy groups -OCH3 is 1. The van der Waals surface area contributed by atoms with Gasteiger partial charge < -0.3 is 9.47 Å². The van der Waals surface area contributed by atoms with E-state index in [2.05, 4.69) is 15.9 Å². The lowest BCUT2D eigenvalue weighted by Crippen LogP contribution is -2.27. The molecular formula is C24H17BrN2O5S2. The summed E-state index contributed by atoms with van der Waals surface area (Å²) in [4.78, 5) is 25.4. The highest BCUT2D eigenvalue weighted by Gasteiger charge is 2.33. The number of hydrogen-bond donors (Lipinski definition) is 0. The van der Waals surface area contributed by atoms with E-state index in [0.29, 0.717) is 25.2 Å². The van der Waals surface area contributed by atoms with Crippen LogP contribution < -0.4 is 14.4 Å². The maximum Gasteiger partial charge on any atom is 0.270 e. The van der Waals surface area contributed by atoms with Crippen LogP contribution in [-0.4, -0.2) is 22.3 Å². The van der Waals surface area contributed by atoms with E-state index in [4.69, 9.17) is 21.7 Å². The topological polar surface area (TPSA) is 81.9 Å². The number of para-hydroxylation sites is 1. The van der Waals surface area contributed by atoms with Gasteiger partial charge in [-0.15, -0.1) is 0 Å². The molecule has 0 aromatic heterocycles. The van der Waals surface area contributed by atoms with E-state index in [-0.39, 0.29) is 18.2 Å². The standard InChI is InChI=1S/C24H17BrN2O5S2/c1-31-20-12-16(13-21-23(28)26(24(33)34-21)17-5-3-2-4-6-17)11-19(25)22(20)32-14-15-7-9-18(10-8-15)27(29)30/h2-13H,14H2,1H3/b21-13+. The molecular weight excluding hydrogens is 540 g/mol. The second-order valence-corrected chi connectivity index (χ2v) is 9.63. The Balaban J connectivity index is 1.55. The fourth-order valence-corrected chi connectivity index (χ4v) is 5.12. The van der Waals surface area contributed by atoms with Gasteiger partial charge in [-0.05, 0) is 69.5 Å². The Morgan fingerprint density at radius 3 is 2.50 bits per heavy atom. The van der Waals surface area contributed by atoms with E-state index in [1.54, 1.807) is 24.3 Å². The number of thioether (sulfide) groups is 1. The zero-order valence-corrected chi connectivity index (χ0v) is 21.0. The number of benzene rings is 3. The number of carbonyl (C=O) groups excluding carboxylic acids is 1. The van der Waals surface area contributed by atoms with Gasteiger partial charge in [0.2, 0.25) is 0 Å². The van der Waals surface area contributed by atoms with Crippen LogP contribution in [-0.2, 0) is 11.4 Å². The summed E-state index contributed by atoms with van der Waals surface area (Å²) in [5.74, 6) is 0.769. The molecule has 0 aliphatic carbocycles. The first-order valence-corrected chi connectivity index (χ1v) is 12.0. The van der Waals surface area contributed by atoms with Crippen molar-refractivity contribution in [3.05, 3.63) is 97.3 Å². The van der Waals surface area contributed by atoms with Crippen LogP contribution in [0, 0.1) is 10.1 Å². The van der Waals surface area contributed by atoms with Crippen molar-refractivity contribution < 1.29 is 19.2 Å². The third kappa shape index (κ3) is 5.14. The molecule has 1 heterocycles. The van der Waals surface area contributed by atoms with Gasteiger partial charge in [0, 0.05) is 12.1 Å². The molecule has 1 aliphatic heterocycles. The SMILES string of the molecule is COc1cc(/C=C2/SC(=S)N(c3ccccc3)C2=O)cc(Br)c1OCc1ccc([N+](=O)[O-])cc1. The van der Waals surface area contributed by atoms with E-state index < -0.39 is 4.92 Å². The number of thiocarbonyl (C=S) groups is 1. The summed E-state index contributed by atoms with van der Waals surface area (Å²) in [6.07, 6.45) is 1.76. The summed E-state index contributed by atoms with van der Waals surface area (Å²) in [6.45, 7) is 0.196. The molecule has 0 bridgehead atoms. The largest absolute Gasteiger partial charge is 0.493 e. The smallest absolute Gasteiger partial charge is 0.270 e. The van der Waals surface area contributed by atoms with Crippen LogP contribution in [0.15, 0.2) is 76.1 Å². The zero-order chi connectivity index (χ0) is 24.2. The fourth-order valence-electron chi connectivity index (χ4n) is 3.25. The molecule has 3 aromatic carbocycles. The average molecular weight is 557 g/mol. The molecule has 0 radical (unpaired) electrons. The summed E-state index contributed by atoms with van der Waals surface area (Å²) in [7, 11) is 1.53. The zero-order valence-electron chi connectivity index (χ0n) is 17.8. The number of rotatable bonds is 7. The minimum atomic E-state index is -0.448. The number of nitro groups is 1. The third-order valence-electron chi connectivity index (χ3n) is 4.89. The Bertz CT molecular complexity index is 1300. The summed E-state index contributed by atoms with van der Waals surface area (Å²) in [6, 6.07) is 19.0. The second kappa shape index (κ2) is 10.4. The van der Waals surface area contributed by atoms with Crippen molar-refractivity contribution in [2.45, 2.75) is 6.61 Å². The molecule has 4 rings (SSSR count). The number of anilines is 1. The van der Waals surface area contributed by atoms with Crippen molar-refractivity contribution in [1.29, 1.82) is 0 Å². The molecule has 0 saturated carbocycles. The van der Waals surface area contributed by atoms with Crippen LogP contribution >= 0.6 is 39.9 Å². The number of amides is 1. The average Bonchev–Trinajstić information content (AvgIpc) is 3.11. The number of nitrogens with zero attached hydrogens (tertiary/aromatic N) is 2. The third-order valence-corrected chi connectivity index (χ3v) is 6.78. The molecule has 0 atom stereocenters. The lowest BCUT2D eigenvalue weighted by atomic mass is 10.1. The van der Waals surface area contributed by atoms with Gasteiger partial charge in [-0.25, -0.2) is 0 Å². The van der Waals surface area contributed by atoms with E-state index >= 15 is 0 Å². The Hall–Kier alpha value is -3.21. The fraction of sp³-hybridized carbons (Fsp3) is 0.0833. The molecule has 1 fully saturated rings. The van der Waals surface area contributed by atoms with Crippen molar-refractivity contribution in [3.63, 3.8) is 0 Å². The molecule has 0 N–H and O–H groups in total. The van der Waals surface area contributed by atoms with Gasteiger partial charge in [-0.1, -0.05) is 42.2 Å². The van der Waals surface area contributed by atoms with Crippen LogP contribution in [0.25, 0.3) is 6.08 Å². The van der Waals surface area contributed by atoms with Crippen LogP contribution in [0.2, 0.25) is 0 Å². The van der Waals surface area contributed by atoms with Gasteiger partial charge in [0.05, 0.1) is 27.1 Å². The van der Waals surface area contributed by atoms with E-state index in [0.717, 1.165) is 16.8 Å². The Morgan fingerprint density at radius 2 is 1.85 bits per heavy atom. The van der Waals surface area contributed by atoms with Gasteiger partial charge in [0.15, 0.2) is 15.8 Å². The number of non-ortho nitro benzene ring substituents is 1. The molecule has 34 heavy (non-hydrogen) atoms. The van der Waals surface area contributed by atoms with Crippen LogP contribution in [0.5, 0.6) is 11.5 Å². The van der Waals surface area contributed by atoms with Crippen molar-refractivity contribution in [2.75, 3.05) is 12.0 Å². The Morgan fingerprint density at radius 1 is 1.15 bits per heavy atom. The lowest BCUT2D eigenvalue weighted by molar-refractivity contribution is -0.384. The Kier molecular flexibility index (Phi) is 7.30. The van der Waals surface area contributed by atoms with Crippen LogP contribution in [0.3, 0.4) is 0 Å². The van der Waals surface area contributed by atoms with Crippen molar-refractivity contribution in [3.8, 4) is 11.5 Å². The maximum absolute atomic E-state index is 13.0.